The van der Waals surface area contributed by atoms with Gasteiger partial charge in [0.1, 0.15) is 0 Å². The topological polar surface area (TPSA) is 24.1 Å². The van der Waals surface area contributed by atoms with Crippen molar-refractivity contribution in [3.05, 3.63) is 24.3 Å². The van der Waals surface area contributed by atoms with Crippen LogP contribution in [0.3, 0.4) is 0 Å². The maximum absolute atomic E-state index is 3.03. The van der Waals surface area contributed by atoms with Gasteiger partial charge in [0.15, 0.2) is 0 Å². The van der Waals surface area contributed by atoms with Gasteiger partial charge in [-0.25, -0.2) is 0 Å². The number of hydrogen-bond donors (Lipinski definition) is 2. The normalized spacial score (nSPS) is 8.20. The lowest BCUT2D eigenvalue weighted by atomic mass is 10.3. The minimum absolute atomic E-state index is 1.04. The highest BCUT2D eigenvalue weighted by Gasteiger charge is 1.92. The van der Waals surface area contributed by atoms with Gasteiger partial charge in [-0.1, -0.05) is 12.1 Å². The van der Waals surface area contributed by atoms with Crippen LogP contribution in [0.4, 0.5) is 11.4 Å². The highest BCUT2D eigenvalue weighted by molar-refractivity contribution is 5.66. The zero-order valence-electron chi connectivity index (χ0n) is 6.15. The number of rotatable bonds is 2. The van der Waals surface area contributed by atoms with Gasteiger partial charge < -0.3 is 10.6 Å². The molecule has 2 N–H and O–H groups in total. The Hall–Kier alpha value is -1.36. The second kappa shape index (κ2) is 2.98. The lowest BCUT2D eigenvalue weighted by molar-refractivity contribution is 1.46. The summed E-state index contributed by atoms with van der Waals surface area (Å²) in [6.07, 6.45) is 0. The van der Waals surface area contributed by atoms with Crippen molar-refractivity contribution in [2.45, 2.75) is 0 Å². The second-order valence-corrected chi connectivity index (χ2v) is 1.90. The van der Waals surface area contributed by atoms with Gasteiger partial charge in [0.25, 0.3) is 0 Å². The zero-order valence-corrected chi connectivity index (χ0v) is 6.15. The first kappa shape index (κ1) is 6.76. The van der Waals surface area contributed by atoms with Gasteiger partial charge in [-0.3, -0.25) is 0 Å². The van der Waals surface area contributed by atoms with Gasteiger partial charge in [0.2, 0.25) is 0 Å². The Kier molecular flexibility index (Phi) is 2.01. The van der Waals surface area contributed by atoms with Crippen LogP contribution in [0.2, 0.25) is 0 Å². The molecule has 0 heterocycles. The van der Waals surface area contributed by atoms with Crippen molar-refractivity contribution in [2.75, 3.05) is 24.7 Å². The largest absolute Gasteiger partial charge is 0.386 e. The van der Waals surface area contributed by atoms with Gasteiger partial charge in [0.05, 0.1) is 11.4 Å². The molecule has 0 aromatic heterocycles. The lowest BCUT2D eigenvalue weighted by Gasteiger charge is -2.04. The molecule has 0 saturated heterocycles. The average molecular weight is 134 g/mol. The summed E-state index contributed by atoms with van der Waals surface area (Å²) in [5.74, 6) is 0. The Balaban J connectivity index is 2.96. The molecule has 2 nitrogen and oxygen atoms in total. The summed E-state index contributed by atoms with van der Waals surface area (Å²) >= 11 is 0. The fourth-order valence-corrected chi connectivity index (χ4v) is 0.797. The first-order valence-corrected chi connectivity index (χ1v) is 3.15. The van der Waals surface area contributed by atoms with Crippen LogP contribution in [0.1, 0.15) is 0 Å². The fraction of sp³-hybridized carbons (Fsp3) is 0.250. The molecule has 0 saturated carbocycles. The summed E-state index contributed by atoms with van der Waals surface area (Å²) < 4.78 is 0. The van der Waals surface area contributed by atoms with E-state index < -0.39 is 0 Å². The van der Waals surface area contributed by atoms with Crippen molar-refractivity contribution < 1.29 is 0 Å². The molecule has 0 fully saturated rings. The van der Waals surface area contributed by atoms with Crippen LogP contribution < -0.4 is 10.6 Å². The molecule has 0 aliphatic heterocycles. The molecule has 52 valence electrons. The van der Waals surface area contributed by atoms with Gasteiger partial charge >= 0.3 is 0 Å². The maximum atomic E-state index is 3.03. The quantitative estimate of drug-likeness (QED) is 0.638. The van der Waals surface area contributed by atoms with Gasteiger partial charge in [-0.05, 0) is 0 Å². The number of nitrogens with one attached hydrogen (secondary N) is 2. The summed E-state index contributed by atoms with van der Waals surface area (Å²) in [6.45, 7) is 0. The maximum Gasteiger partial charge on any atom is 0.0664 e. The number of anilines is 2. The van der Waals surface area contributed by atoms with E-state index in [2.05, 4.69) is 22.8 Å². The third-order valence-electron chi connectivity index (χ3n) is 1.35. The van der Waals surface area contributed by atoms with Crippen molar-refractivity contribution in [2.24, 2.45) is 0 Å². The minimum Gasteiger partial charge on any atom is -0.386 e. The van der Waals surface area contributed by atoms with E-state index in [1.54, 1.807) is 0 Å². The van der Waals surface area contributed by atoms with E-state index in [0.717, 1.165) is 11.4 Å². The fourth-order valence-electron chi connectivity index (χ4n) is 0.797. The van der Waals surface area contributed by atoms with Crippen molar-refractivity contribution in [3.63, 3.8) is 0 Å². The van der Waals surface area contributed by atoms with Gasteiger partial charge in [-0.2, -0.15) is 0 Å². The van der Waals surface area contributed by atoms with E-state index in [4.69, 9.17) is 0 Å². The standard InChI is InChI=1S/C8H10N2/c1-9-7-5-3-4-6-8(7)10-2/h5-6,9-10H,1-2H3. The molecule has 0 spiro atoms. The van der Waals surface area contributed by atoms with E-state index in [-0.39, 0.29) is 0 Å². The van der Waals surface area contributed by atoms with Crippen molar-refractivity contribution in [3.8, 4) is 0 Å². The highest BCUT2D eigenvalue weighted by atomic mass is 14.9. The molecule has 1 rings (SSSR count). The van der Waals surface area contributed by atoms with Crippen LogP contribution in [0.25, 0.3) is 0 Å². The molecule has 0 radical (unpaired) electrons. The van der Waals surface area contributed by atoms with Crippen molar-refractivity contribution in [1.29, 1.82) is 0 Å². The summed E-state index contributed by atoms with van der Waals surface area (Å²) in [7, 11) is 3.76. The van der Waals surface area contributed by atoms with Crippen LogP contribution in [0.5, 0.6) is 0 Å². The zero-order chi connectivity index (χ0) is 7.40. The first-order chi connectivity index (χ1) is 4.88. The van der Waals surface area contributed by atoms with Crippen molar-refractivity contribution >= 4 is 11.4 Å². The molecule has 0 bridgehead atoms. The smallest absolute Gasteiger partial charge is 0.0664 e. The van der Waals surface area contributed by atoms with Gasteiger partial charge in [-0.15, -0.1) is 0 Å². The van der Waals surface area contributed by atoms with Crippen LogP contribution in [0, 0.1) is 12.1 Å². The van der Waals surface area contributed by atoms with E-state index in [1.807, 2.05) is 26.2 Å². The van der Waals surface area contributed by atoms with E-state index in [9.17, 15) is 0 Å². The van der Waals surface area contributed by atoms with E-state index in [1.165, 1.54) is 0 Å². The third-order valence-corrected chi connectivity index (χ3v) is 1.35. The predicted octanol–water partition coefficient (Wildman–Crippen LogP) is 1.37. The molecule has 0 aliphatic rings. The van der Waals surface area contributed by atoms with E-state index in [0.29, 0.717) is 0 Å². The van der Waals surface area contributed by atoms with E-state index >= 15 is 0 Å². The highest BCUT2D eigenvalue weighted by Crippen LogP contribution is 2.16. The van der Waals surface area contributed by atoms with Crippen LogP contribution in [0.15, 0.2) is 12.1 Å². The molecular weight excluding hydrogens is 124 g/mol. The van der Waals surface area contributed by atoms with Gasteiger partial charge in [0, 0.05) is 26.2 Å². The molecule has 0 aliphatic carbocycles. The first-order valence-electron chi connectivity index (χ1n) is 3.15. The summed E-state index contributed by atoms with van der Waals surface area (Å²) in [5.41, 5.74) is 2.09. The van der Waals surface area contributed by atoms with Crippen LogP contribution in [-0.2, 0) is 0 Å². The predicted molar refractivity (Wildman–Crippen MR) is 43.2 cm³/mol. The Morgan fingerprint density at radius 1 is 1.00 bits per heavy atom. The molecule has 0 unspecified atom stereocenters. The molecule has 10 heavy (non-hydrogen) atoms. The molecule has 2 heteroatoms. The molecule has 1 aromatic carbocycles. The Morgan fingerprint density at radius 3 is 1.70 bits per heavy atom. The lowest BCUT2D eigenvalue weighted by Crippen LogP contribution is -1.94. The summed E-state index contributed by atoms with van der Waals surface area (Å²) in [4.78, 5) is 0. The Labute approximate surface area is 61.3 Å². The molecule has 1 aromatic rings. The molecule has 0 amide bonds. The second-order valence-electron chi connectivity index (χ2n) is 1.90. The molecule has 0 atom stereocenters. The van der Waals surface area contributed by atoms with Crippen LogP contribution in [-0.4, -0.2) is 14.1 Å². The Morgan fingerprint density at radius 2 is 1.40 bits per heavy atom. The average Bonchev–Trinajstić information content (AvgIpc) is 2.04. The third kappa shape index (κ3) is 1.14. The van der Waals surface area contributed by atoms with Crippen molar-refractivity contribution in [1.82, 2.24) is 0 Å². The molecular formula is C8H10N2. The SMILES string of the molecule is CNc1cc#ccc1NC. The number of hydrogen-bond acceptors (Lipinski definition) is 2. The van der Waals surface area contributed by atoms with Crippen LogP contribution >= 0.6 is 0 Å². The Bertz CT molecular complexity index is 185. The summed E-state index contributed by atoms with van der Waals surface area (Å²) in [5, 5.41) is 6.07. The minimum atomic E-state index is 1.04. The monoisotopic (exact) mass is 134 g/mol. The summed E-state index contributed by atoms with van der Waals surface area (Å²) in [6, 6.07) is 9.42.